The van der Waals surface area contributed by atoms with E-state index in [1.165, 1.54) is 0 Å². The molecule has 0 aromatic rings. The molecule has 0 aromatic carbocycles. The molecule has 0 aliphatic heterocycles. The predicted octanol–water partition coefficient (Wildman–Crippen LogP) is 0.532. The quantitative estimate of drug-likeness (QED) is 0.648. The molecule has 1 unspecified atom stereocenters. The molecule has 0 heterocycles. The van der Waals surface area contributed by atoms with Crippen molar-refractivity contribution in [2.75, 3.05) is 27.2 Å². The minimum atomic E-state index is -0.730. The van der Waals surface area contributed by atoms with Gasteiger partial charge >= 0.3 is 5.97 Å². The Morgan fingerprint density at radius 1 is 1.44 bits per heavy atom. The predicted molar refractivity (Wildman–Crippen MR) is 70.6 cm³/mol. The fourth-order valence-electron chi connectivity index (χ4n) is 2.28. The van der Waals surface area contributed by atoms with Gasteiger partial charge in [0.05, 0.1) is 11.5 Å². The third kappa shape index (κ3) is 4.55. The lowest BCUT2D eigenvalue weighted by atomic mass is 9.79. The number of aliphatic carboxylic acids is 1. The van der Waals surface area contributed by atoms with Gasteiger partial charge in [0.1, 0.15) is 0 Å². The first kappa shape index (κ1) is 15.4. The fraction of sp³-hybridized carbons (Fsp3) is 0.923. The van der Waals surface area contributed by atoms with Crippen molar-refractivity contribution in [1.29, 1.82) is 0 Å². The molecule has 1 atom stereocenters. The van der Waals surface area contributed by atoms with Crippen LogP contribution in [0.2, 0.25) is 0 Å². The number of carboxylic acids is 1. The van der Waals surface area contributed by atoms with Crippen molar-refractivity contribution in [2.45, 2.75) is 44.2 Å². The van der Waals surface area contributed by atoms with E-state index >= 15 is 0 Å². The summed E-state index contributed by atoms with van der Waals surface area (Å²) in [5.41, 5.74) is -0.724. The van der Waals surface area contributed by atoms with E-state index in [0.29, 0.717) is 38.3 Å². The second-order valence-corrected chi connectivity index (χ2v) is 5.78. The van der Waals surface area contributed by atoms with Gasteiger partial charge in [-0.05, 0) is 46.7 Å². The molecule has 106 valence electrons. The van der Waals surface area contributed by atoms with Gasteiger partial charge in [-0.2, -0.15) is 0 Å². The van der Waals surface area contributed by atoms with Gasteiger partial charge < -0.3 is 20.4 Å². The van der Waals surface area contributed by atoms with Gasteiger partial charge in [-0.3, -0.25) is 4.79 Å². The van der Waals surface area contributed by atoms with Gasteiger partial charge in [-0.1, -0.05) is 0 Å². The highest BCUT2D eigenvalue weighted by molar-refractivity contribution is 5.70. The zero-order valence-electron chi connectivity index (χ0n) is 11.6. The number of likely N-dealkylation sites (N-methyl/N-ethyl adjacent to an activating group) is 1. The van der Waals surface area contributed by atoms with Crippen LogP contribution in [0, 0.1) is 5.92 Å². The Labute approximate surface area is 109 Å². The van der Waals surface area contributed by atoms with E-state index < -0.39 is 11.6 Å². The summed E-state index contributed by atoms with van der Waals surface area (Å²) in [6.07, 6.45) is 2.31. The van der Waals surface area contributed by atoms with Crippen molar-refractivity contribution in [2.24, 2.45) is 5.92 Å². The smallest absolute Gasteiger partial charge is 0.306 e. The number of aliphatic hydroxyl groups is 1. The van der Waals surface area contributed by atoms with E-state index in [-0.39, 0.29) is 5.92 Å². The van der Waals surface area contributed by atoms with E-state index in [1.807, 2.05) is 14.1 Å². The summed E-state index contributed by atoms with van der Waals surface area (Å²) in [5.74, 6) is -1.00. The fourth-order valence-corrected chi connectivity index (χ4v) is 2.28. The third-order valence-corrected chi connectivity index (χ3v) is 4.04. The van der Waals surface area contributed by atoms with Gasteiger partial charge in [-0.25, -0.2) is 0 Å². The number of hydrogen-bond acceptors (Lipinski definition) is 4. The zero-order valence-corrected chi connectivity index (χ0v) is 11.6. The average Bonchev–Trinajstić information content (AvgIpc) is 2.29. The van der Waals surface area contributed by atoms with Gasteiger partial charge in [0, 0.05) is 19.1 Å². The van der Waals surface area contributed by atoms with Crippen LogP contribution in [0.25, 0.3) is 0 Å². The van der Waals surface area contributed by atoms with Gasteiger partial charge in [0.25, 0.3) is 0 Å². The molecule has 0 amide bonds. The van der Waals surface area contributed by atoms with Crippen molar-refractivity contribution >= 4 is 5.97 Å². The molecule has 0 radical (unpaired) electrons. The zero-order chi connectivity index (χ0) is 13.8. The average molecular weight is 258 g/mol. The number of carbonyl (C=O) groups is 1. The minimum absolute atomic E-state index is 0.272. The molecule has 0 bridgehead atoms. The van der Waals surface area contributed by atoms with Crippen LogP contribution in [0.5, 0.6) is 0 Å². The van der Waals surface area contributed by atoms with Crippen molar-refractivity contribution in [3.63, 3.8) is 0 Å². The standard InChI is InChI=1S/C13H26N2O3/c1-10(15(2)3)8-14-9-13(18)6-4-11(5-7-13)12(16)17/h10-11,14,18H,4-9H2,1-3H3,(H,16,17). The van der Waals surface area contributed by atoms with Gasteiger partial charge in [0.15, 0.2) is 0 Å². The maximum absolute atomic E-state index is 10.8. The van der Waals surface area contributed by atoms with Crippen LogP contribution in [-0.2, 0) is 4.79 Å². The second kappa shape index (κ2) is 6.50. The molecular weight excluding hydrogens is 232 g/mol. The van der Waals surface area contributed by atoms with E-state index in [9.17, 15) is 9.90 Å². The lowest BCUT2D eigenvalue weighted by molar-refractivity contribution is -0.144. The maximum atomic E-state index is 10.8. The Morgan fingerprint density at radius 2 is 2.00 bits per heavy atom. The first-order valence-corrected chi connectivity index (χ1v) is 6.66. The van der Waals surface area contributed by atoms with Crippen LogP contribution in [-0.4, -0.2) is 59.9 Å². The molecule has 0 saturated heterocycles. The van der Waals surface area contributed by atoms with Gasteiger partial charge in [-0.15, -0.1) is 0 Å². The number of rotatable bonds is 6. The monoisotopic (exact) mass is 258 g/mol. The molecule has 1 saturated carbocycles. The summed E-state index contributed by atoms with van der Waals surface area (Å²) in [4.78, 5) is 13.0. The number of carboxylic acid groups (broad SMARTS) is 1. The highest BCUT2D eigenvalue weighted by atomic mass is 16.4. The van der Waals surface area contributed by atoms with Crippen molar-refractivity contribution < 1.29 is 15.0 Å². The molecule has 5 heteroatoms. The Kier molecular flexibility index (Phi) is 5.56. The summed E-state index contributed by atoms with van der Waals surface area (Å²) >= 11 is 0. The van der Waals surface area contributed by atoms with Crippen LogP contribution >= 0.6 is 0 Å². The van der Waals surface area contributed by atoms with Crippen molar-refractivity contribution in [3.8, 4) is 0 Å². The van der Waals surface area contributed by atoms with Crippen LogP contribution in [0.15, 0.2) is 0 Å². The Hall–Kier alpha value is -0.650. The lowest BCUT2D eigenvalue weighted by Gasteiger charge is -2.35. The molecule has 1 rings (SSSR count). The van der Waals surface area contributed by atoms with E-state index in [2.05, 4.69) is 17.1 Å². The number of hydrogen-bond donors (Lipinski definition) is 3. The van der Waals surface area contributed by atoms with Crippen molar-refractivity contribution in [3.05, 3.63) is 0 Å². The Bertz CT molecular complexity index is 273. The highest BCUT2D eigenvalue weighted by Gasteiger charge is 2.35. The van der Waals surface area contributed by atoms with Crippen LogP contribution < -0.4 is 5.32 Å². The number of nitrogens with zero attached hydrogens (tertiary/aromatic N) is 1. The Balaban J connectivity index is 2.28. The normalized spacial score (nSPS) is 30.4. The van der Waals surface area contributed by atoms with Crippen LogP contribution in [0.3, 0.4) is 0 Å². The summed E-state index contributed by atoms with van der Waals surface area (Å²) in [6, 6.07) is 0.420. The first-order chi connectivity index (χ1) is 8.34. The van der Waals surface area contributed by atoms with Crippen molar-refractivity contribution in [1.82, 2.24) is 10.2 Å². The Morgan fingerprint density at radius 3 is 2.44 bits per heavy atom. The first-order valence-electron chi connectivity index (χ1n) is 6.66. The molecule has 3 N–H and O–H groups in total. The SMILES string of the molecule is CC(CNCC1(O)CCC(C(=O)O)CC1)N(C)C. The van der Waals surface area contributed by atoms with Crippen LogP contribution in [0.4, 0.5) is 0 Å². The molecule has 18 heavy (non-hydrogen) atoms. The topological polar surface area (TPSA) is 72.8 Å². The third-order valence-electron chi connectivity index (χ3n) is 4.04. The summed E-state index contributed by atoms with van der Waals surface area (Å²) in [5, 5.41) is 22.6. The van der Waals surface area contributed by atoms with E-state index in [4.69, 9.17) is 5.11 Å². The summed E-state index contributed by atoms with van der Waals surface area (Å²) in [6.45, 7) is 3.51. The molecule has 1 aliphatic rings. The van der Waals surface area contributed by atoms with E-state index in [1.54, 1.807) is 0 Å². The molecular formula is C13H26N2O3. The number of nitrogens with one attached hydrogen (secondary N) is 1. The molecule has 5 nitrogen and oxygen atoms in total. The summed E-state index contributed by atoms with van der Waals surface area (Å²) in [7, 11) is 4.05. The van der Waals surface area contributed by atoms with Gasteiger partial charge in [0.2, 0.25) is 0 Å². The minimum Gasteiger partial charge on any atom is -0.481 e. The summed E-state index contributed by atoms with van der Waals surface area (Å²) < 4.78 is 0. The lowest BCUT2D eigenvalue weighted by Crippen LogP contribution is -2.47. The highest BCUT2D eigenvalue weighted by Crippen LogP contribution is 2.31. The molecule has 0 spiro atoms. The second-order valence-electron chi connectivity index (χ2n) is 5.78. The molecule has 1 aliphatic carbocycles. The largest absolute Gasteiger partial charge is 0.481 e. The van der Waals surface area contributed by atoms with E-state index in [0.717, 1.165) is 6.54 Å². The maximum Gasteiger partial charge on any atom is 0.306 e. The molecule has 0 aromatic heterocycles. The van der Waals surface area contributed by atoms with Crippen LogP contribution in [0.1, 0.15) is 32.6 Å². The molecule has 1 fully saturated rings.